The number of hydrogen-bond acceptors (Lipinski definition) is 4. The molecule has 0 saturated carbocycles. The molecule has 1 aliphatic rings. The molecule has 2 aromatic heterocycles. The number of aromatic nitrogens is 3. The zero-order valence-electron chi connectivity index (χ0n) is 16.6. The minimum absolute atomic E-state index is 0.153. The summed E-state index contributed by atoms with van der Waals surface area (Å²) < 4.78 is 1.98. The van der Waals surface area contributed by atoms with Gasteiger partial charge in [-0.25, -0.2) is 4.98 Å². The molecular formula is C22H27N5O. The number of imidazole rings is 1. The minimum Gasteiger partial charge on any atom is -0.341 e. The highest BCUT2D eigenvalue weighted by molar-refractivity contribution is 5.81. The maximum absolute atomic E-state index is 12.1. The molecule has 1 aromatic carbocycles. The van der Waals surface area contributed by atoms with Gasteiger partial charge in [0, 0.05) is 64.5 Å². The normalized spacial score (nSPS) is 18.4. The van der Waals surface area contributed by atoms with Gasteiger partial charge in [0.05, 0.1) is 17.5 Å². The van der Waals surface area contributed by atoms with Gasteiger partial charge in [-0.2, -0.15) is 0 Å². The van der Waals surface area contributed by atoms with Crippen LogP contribution in [0.5, 0.6) is 0 Å². The monoisotopic (exact) mass is 377 g/mol. The van der Waals surface area contributed by atoms with Crippen LogP contribution in [0.15, 0.2) is 49.1 Å². The summed E-state index contributed by atoms with van der Waals surface area (Å²) in [4.78, 5) is 25.6. The lowest BCUT2D eigenvalue weighted by Crippen LogP contribution is -2.34. The van der Waals surface area contributed by atoms with Crippen LogP contribution in [0.4, 0.5) is 0 Å². The van der Waals surface area contributed by atoms with Crippen molar-refractivity contribution in [3.05, 3.63) is 60.3 Å². The number of carbonyl (C=O) groups excluding carboxylic acids is 1. The van der Waals surface area contributed by atoms with E-state index in [1.54, 1.807) is 6.92 Å². The summed E-state index contributed by atoms with van der Waals surface area (Å²) >= 11 is 0. The molecule has 1 unspecified atom stereocenters. The molecule has 1 fully saturated rings. The number of rotatable bonds is 4. The van der Waals surface area contributed by atoms with Gasteiger partial charge in [-0.1, -0.05) is 24.3 Å². The molecule has 1 saturated heterocycles. The number of hydrogen-bond donors (Lipinski definition) is 0. The van der Waals surface area contributed by atoms with Gasteiger partial charge in [0.15, 0.2) is 0 Å². The Balaban J connectivity index is 1.56. The van der Waals surface area contributed by atoms with E-state index >= 15 is 0 Å². The lowest BCUT2D eigenvalue weighted by Gasteiger charge is -2.24. The van der Waals surface area contributed by atoms with Gasteiger partial charge < -0.3 is 9.47 Å². The molecule has 0 aliphatic carbocycles. The standard InChI is InChI=1S/C22H27N5O/c1-17(28)27-10-9-26(15-21-14-25(2)16-24-21)12-18(13-27)11-20-6-3-5-19-7-4-8-23-22(19)20/h3-8,14,16,18H,9-13,15H2,1-2H3. The number of pyridine rings is 1. The number of carbonyl (C=O) groups is 1. The molecule has 6 nitrogen and oxygen atoms in total. The number of fused-ring (bicyclic) bond motifs is 1. The van der Waals surface area contributed by atoms with Crippen LogP contribution < -0.4 is 0 Å². The third-order valence-corrected chi connectivity index (χ3v) is 5.50. The molecule has 3 heterocycles. The van der Waals surface area contributed by atoms with Gasteiger partial charge in [0.2, 0.25) is 5.91 Å². The fraction of sp³-hybridized carbons (Fsp3) is 0.409. The predicted molar refractivity (Wildman–Crippen MR) is 110 cm³/mol. The first-order chi connectivity index (χ1) is 13.6. The summed E-state index contributed by atoms with van der Waals surface area (Å²) in [6.45, 7) is 5.87. The second-order valence-corrected chi connectivity index (χ2v) is 7.79. The maximum Gasteiger partial charge on any atom is 0.219 e. The first-order valence-corrected chi connectivity index (χ1v) is 9.86. The highest BCUT2D eigenvalue weighted by Gasteiger charge is 2.25. The first kappa shape index (κ1) is 18.6. The van der Waals surface area contributed by atoms with Crippen molar-refractivity contribution >= 4 is 16.8 Å². The van der Waals surface area contributed by atoms with Crippen LogP contribution in [0.3, 0.4) is 0 Å². The van der Waals surface area contributed by atoms with Crippen molar-refractivity contribution in [3.63, 3.8) is 0 Å². The van der Waals surface area contributed by atoms with E-state index in [0.717, 1.165) is 50.4 Å². The largest absolute Gasteiger partial charge is 0.341 e. The molecule has 0 bridgehead atoms. The Morgan fingerprint density at radius 3 is 2.79 bits per heavy atom. The summed E-state index contributed by atoms with van der Waals surface area (Å²) in [5, 5.41) is 1.17. The molecule has 6 heteroatoms. The zero-order chi connectivity index (χ0) is 19.5. The Kier molecular flexibility index (Phi) is 5.39. The molecule has 0 N–H and O–H groups in total. The second kappa shape index (κ2) is 8.10. The van der Waals surface area contributed by atoms with Crippen LogP contribution >= 0.6 is 0 Å². The smallest absolute Gasteiger partial charge is 0.219 e. The van der Waals surface area contributed by atoms with Gasteiger partial charge >= 0.3 is 0 Å². The number of aryl methyl sites for hydroxylation is 1. The Hall–Kier alpha value is -2.73. The Morgan fingerprint density at radius 1 is 1.14 bits per heavy atom. The molecule has 28 heavy (non-hydrogen) atoms. The highest BCUT2D eigenvalue weighted by atomic mass is 16.2. The topological polar surface area (TPSA) is 54.3 Å². The van der Waals surface area contributed by atoms with E-state index in [4.69, 9.17) is 0 Å². The average molecular weight is 377 g/mol. The van der Waals surface area contributed by atoms with E-state index in [0.29, 0.717) is 5.92 Å². The fourth-order valence-electron chi connectivity index (χ4n) is 4.16. The number of nitrogens with zero attached hydrogens (tertiary/aromatic N) is 5. The average Bonchev–Trinajstić information content (AvgIpc) is 2.98. The summed E-state index contributed by atoms with van der Waals surface area (Å²) in [7, 11) is 1.99. The second-order valence-electron chi connectivity index (χ2n) is 7.79. The molecule has 0 spiro atoms. The Labute approximate surface area is 165 Å². The third-order valence-electron chi connectivity index (χ3n) is 5.50. The highest BCUT2D eigenvalue weighted by Crippen LogP contribution is 2.22. The van der Waals surface area contributed by atoms with Crippen LogP contribution in [0, 0.1) is 5.92 Å². The molecule has 146 valence electrons. The van der Waals surface area contributed by atoms with Gasteiger partial charge in [0.25, 0.3) is 0 Å². The molecule has 3 aromatic rings. The third kappa shape index (κ3) is 4.22. The van der Waals surface area contributed by atoms with Crippen LogP contribution in [0.1, 0.15) is 18.2 Å². The number of amides is 1. The van der Waals surface area contributed by atoms with Crippen molar-refractivity contribution in [1.29, 1.82) is 0 Å². The Bertz CT molecular complexity index is 961. The van der Waals surface area contributed by atoms with Crippen molar-refractivity contribution in [2.24, 2.45) is 13.0 Å². The van der Waals surface area contributed by atoms with Crippen LogP contribution in [-0.4, -0.2) is 56.4 Å². The zero-order valence-corrected chi connectivity index (χ0v) is 16.6. The summed E-state index contributed by atoms with van der Waals surface area (Å²) in [5.41, 5.74) is 3.40. The van der Waals surface area contributed by atoms with Gasteiger partial charge in [0.1, 0.15) is 0 Å². The van der Waals surface area contributed by atoms with Gasteiger partial charge in [-0.3, -0.25) is 14.7 Å². The lowest BCUT2D eigenvalue weighted by molar-refractivity contribution is -0.129. The van der Waals surface area contributed by atoms with Crippen LogP contribution in [0.2, 0.25) is 0 Å². The van der Waals surface area contributed by atoms with Crippen LogP contribution in [-0.2, 0) is 24.8 Å². The lowest BCUT2D eigenvalue weighted by atomic mass is 9.96. The van der Waals surface area contributed by atoms with E-state index in [1.165, 1.54) is 10.9 Å². The van der Waals surface area contributed by atoms with Crippen molar-refractivity contribution in [1.82, 2.24) is 24.3 Å². The van der Waals surface area contributed by atoms with Crippen molar-refractivity contribution in [3.8, 4) is 0 Å². The summed E-state index contributed by atoms with van der Waals surface area (Å²) in [6, 6.07) is 10.5. The molecule has 4 rings (SSSR count). The molecule has 0 radical (unpaired) electrons. The molecule has 1 amide bonds. The minimum atomic E-state index is 0.153. The maximum atomic E-state index is 12.1. The first-order valence-electron chi connectivity index (χ1n) is 9.86. The van der Waals surface area contributed by atoms with Crippen molar-refractivity contribution in [2.45, 2.75) is 19.9 Å². The van der Waals surface area contributed by atoms with Gasteiger partial charge in [-0.05, 0) is 24.0 Å². The quantitative estimate of drug-likeness (QED) is 0.701. The van der Waals surface area contributed by atoms with E-state index in [-0.39, 0.29) is 5.91 Å². The van der Waals surface area contributed by atoms with E-state index in [9.17, 15) is 4.79 Å². The summed E-state index contributed by atoms with van der Waals surface area (Å²) in [6.07, 6.45) is 6.68. The summed E-state index contributed by atoms with van der Waals surface area (Å²) in [5.74, 6) is 0.517. The molecule has 1 aliphatic heterocycles. The van der Waals surface area contributed by atoms with Crippen molar-refractivity contribution in [2.75, 3.05) is 26.2 Å². The molecule has 1 atom stereocenters. The van der Waals surface area contributed by atoms with Crippen LogP contribution in [0.25, 0.3) is 10.9 Å². The molecular weight excluding hydrogens is 350 g/mol. The van der Waals surface area contributed by atoms with E-state index in [1.807, 2.05) is 35.1 Å². The fourth-order valence-corrected chi connectivity index (χ4v) is 4.16. The SMILES string of the molecule is CC(=O)N1CCN(Cc2cn(C)cn2)CC(Cc2cccc3cccnc23)C1. The predicted octanol–water partition coefficient (Wildman–Crippen LogP) is 2.49. The number of benzene rings is 1. The Morgan fingerprint density at radius 2 is 2.00 bits per heavy atom. The van der Waals surface area contributed by atoms with Gasteiger partial charge in [-0.15, -0.1) is 0 Å². The number of para-hydroxylation sites is 1. The van der Waals surface area contributed by atoms with E-state index in [2.05, 4.69) is 45.3 Å². The van der Waals surface area contributed by atoms with E-state index < -0.39 is 0 Å². The van der Waals surface area contributed by atoms with Crippen molar-refractivity contribution < 1.29 is 4.79 Å².